The lowest BCUT2D eigenvalue weighted by molar-refractivity contribution is 0.508. The number of rotatable bonds is 8. The van der Waals surface area contributed by atoms with Crippen LogP contribution < -0.4 is 10.6 Å². The van der Waals surface area contributed by atoms with E-state index in [4.69, 9.17) is 0 Å². The number of nitrogens with zero attached hydrogens (tertiary/aromatic N) is 1. The summed E-state index contributed by atoms with van der Waals surface area (Å²) in [5.41, 5.74) is 3.55. The maximum atomic E-state index is 11.6. The van der Waals surface area contributed by atoms with Crippen molar-refractivity contribution in [1.29, 1.82) is 0 Å². The van der Waals surface area contributed by atoms with Crippen LogP contribution in [-0.4, -0.2) is 33.7 Å². The fraction of sp³-hybridized carbons (Fsp3) is 0.435. The summed E-state index contributed by atoms with van der Waals surface area (Å²) in [7, 11) is -3.18. The van der Waals surface area contributed by atoms with Crippen LogP contribution in [0.2, 0.25) is 0 Å². The molecule has 0 bridgehead atoms. The molecule has 0 heterocycles. The Labute approximate surface area is 175 Å². The van der Waals surface area contributed by atoms with Gasteiger partial charge < -0.3 is 10.6 Å². The molecule has 0 saturated heterocycles. The average molecular weight is 416 g/mol. The van der Waals surface area contributed by atoms with Crippen molar-refractivity contribution in [2.45, 2.75) is 51.0 Å². The predicted octanol–water partition coefficient (Wildman–Crippen LogP) is 3.69. The van der Waals surface area contributed by atoms with Crippen LogP contribution in [0.15, 0.2) is 58.4 Å². The van der Waals surface area contributed by atoms with E-state index in [1.165, 1.54) is 17.4 Å². The number of hydrogen-bond donors (Lipinski definition) is 2. The highest BCUT2D eigenvalue weighted by Crippen LogP contribution is 2.22. The number of benzene rings is 2. The molecule has 2 N–H and O–H groups in total. The second-order valence-corrected chi connectivity index (χ2v) is 9.91. The minimum atomic E-state index is -3.18. The van der Waals surface area contributed by atoms with Gasteiger partial charge in [-0.15, -0.1) is 0 Å². The molecular formula is C23H33N3O2S. The van der Waals surface area contributed by atoms with Gasteiger partial charge in [-0.05, 0) is 42.2 Å². The van der Waals surface area contributed by atoms with Crippen molar-refractivity contribution >= 4 is 15.8 Å². The Morgan fingerprint density at radius 2 is 1.52 bits per heavy atom. The van der Waals surface area contributed by atoms with Crippen LogP contribution in [0.1, 0.15) is 44.4 Å². The predicted molar refractivity (Wildman–Crippen MR) is 121 cm³/mol. The Morgan fingerprint density at radius 3 is 2.03 bits per heavy atom. The Kier molecular flexibility index (Phi) is 7.85. The molecule has 0 aliphatic rings. The summed E-state index contributed by atoms with van der Waals surface area (Å²) in [6, 6.07) is 15.7. The van der Waals surface area contributed by atoms with Gasteiger partial charge in [0, 0.05) is 24.8 Å². The van der Waals surface area contributed by atoms with Gasteiger partial charge in [-0.3, -0.25) is 0 Å². The molecule has 0 saturated carbocycles. The summed E-state index contributed by atoms with van der Waals surface area (Å²) in [4.78, 5) is 4.97. The zero-order valence-corrected chi connectivity index (χ0v) is 18.9. The smallest absolute Gasteiger partial charge is 0.191 e. The third kappa shape index (κ3) is 6.89. The van der Waals surface area contributed by atoms with E-state index in [0.717, 1.165) is 31.0 Å². The Morgan fingerprint density at radius 1 is 0.931 bits per heavy atom. The second-order valence-electron chi connectivity index (χ2n) is 7.90. The lowest BCUT2D eigenvalue weighted by atomic mass is 9.84. The number of guanidine groups is 1. The molecule has 29 heavy (non-hydrogen) atoms. The van der Waals surface area contributed by atoms with E-state index in [2.05, 4.69) is 60.7 Å². The highest BCUT2D eigenvalue weighted by molar-refractivity contribution is 7.90. The van der Waals surface area contributed by atoms with E-state index in [1.54, 1.807) is 12.1 Å². The molecule has 0 aromatic heterocycles. The summed E-state index contributed by atoms with van der Waals surface area (Å²) >= 11 is 0. The molecule has 0 unspecified atom stereocenters. The molecule has 158 valence electrons. The van der Waals surface area contributed by atoms with Gasteiger partial charge in [0.05, 0.1) is 11.4 Å². The molecular weight excluding hydrogens is 382 g/mol. The van der Waals surface area contributed by atoms with Crippen LogP contribution >= 0.6 is 0 Å². The third-order valence-corrected chi connectivity index (χ3v) is 6.09. The van der Waals surface area contributed by atoms with Crippen LogP contribution in [0.5, 0.6) is 0 Å². The van der Waals surface area contributed by atoms with Crippen molar-refractivity contribution in [2.75, 3.05) is 19.3 Å². The SMILES string of the molecule is CCNC(=NCc1ccc(S(C)(=O)=O)cc1)NCC(C)(C)c1ccc(CC)cc1. The quantitative estimate of drug-likeness (QED) is 0.510. The molecule has 0 spiro atoms. The van der Waals surface area contributed by atoms with Crippen molar-refractivity contribution in [1.82, 2.24) is 10.6 Å². The van der Waals surface area contributed by atoms with E-state index in [9.17, 15) is 8.42 Å². The van der Waals surface area contributed by atoms with Gasteiger partial charge in [-0.25, -0.2) is 13.4 Å². The van der Waals surface area contributed by atoms with E-state index in [0.29, 0.717) is 11.4 Å². The van der Waals surface area contributed by atoms with Crippen molar-refractivity contribution in [3.63, 3.8) is 0 Å². The van der Waals surface area contributed by atoms with Crippen LogP contribution in [0.4, 0.5) is 0 Å². The fourth-order valence-corrected chi connectivity index (χ4v) is 3.58. The minimum Gasteiger partial charge on any atom is -0.357 e. The third-order valence-electron chi connectivity index (χ3n) is 4.96. The van der Waals surface area contributed by atoms with Crippen molar-refractivity contribution in [3.05, 3.63) is 65.2 Å². The van der Waals surface area contributed by atoms with Gasteiger partial charge in [-0.2, -0.15) is 0 Å². The highest BCUT2D eigenvalue weighted by atomic mass is 32.2. The topological polar surface area (TPSA) is 70.6 Å². The molecule has 2 aromatic rings. The molecule has 2 rings (SSSR count). The molecule has 0 aliphatic heterocycles. The summed E-state index contributed by atoms with van der Waals surface area (Å²) in [5.74, 6) is 0.748. The number of sulfone groups is 1. The van der Waals surface area contributed by atoms with Crippen LogP contribution in [0.25, 0.3) is 0 Å². The summed E-state index contributed by atoms with van der Waals surface area (Å²) in [6.07, 6.45) is 2.26. The number of nitrogens with one attached hydrogen (secondary N) is 2. The summed E-state index contributed by atoms with van der Waals surface area (Å²) in [6.45, 7) is 10.6. The maximum absolute atomic E-state index is 11.6. The number of aryl methyl sites for hydroxylation is 1. The first-order valence-electron chi connectivity index (χ1n) is 10.1. The Balaban J connectivity index is 2.04. The molecule has 0 fully saturated rings. The van der Waals surface area contributed by atoms with Crippen molar-refractivity contribution < 1.29 is 8.42 Å². The lowest BCUT2D eigenvalue weighted by Gasteiger charge is -2.27. The van der Waals surface area contributed by atoms with E-state index >= 15 is 0 Å². The second kappa shape index (κ2) is 9.92. The number of aliphatic imine (C=N–C) groups is 1. The van der Waals surface area contributed by atoms with E-state index < -0.39 is 9.84 Å². The maximum Gasteiger partial charge on any atom is 0.191 e. The fourth-order valence-electron chi connectivity index (χ4n) is 2.95. The average Bonchev–Trinajstić information content (AvgIpc) is 2.70. The van der Waals surface area contributed by atoms with Crippen LogP contribution in [-0.2, 0) is 28.2 Å². The van der Waals surface area contributed by atoms with Crippen LogP contribution in [0.3, 0.4) is 0 Å². The van der Waals surface area contributed by atoms with E-state index in [-0.39, 0.29) is 5.41 Å². The molecule has 2 aromatic carbocycles. The van der Waals surface area contributed by atoms with Crippen molar-refractivity contribution in [2.24, 2.45) is 4.99 Å². The molecule has 0 amide bonds. The lowest BCUT2D eigenvalue weighted by Crippen LogP contribution is -2.43. The zero-order chi connectivity index (χ0) is 21.5. The number of hydrogen-bond acceptors (Lipinski definition) is 3. The largest absolute Gasteiger partial charge is 0.357 e. The van der Waals surface area contributed by atoms with Gasteiger partial charge in [-0.1, -0.05) is 57.2 Å². The molecule has 0 radical (unpaired) electrons. The van der Waals surface area contributed by atoms with Gasteiger partial charge in [0.15, 0.2) is 15.8 Å². The molecule has 6 heteroatoms. The monoisotopic (exact) mass is 415 g/mol. The Hall–Kier alpha value is -2.34. The van der Waals surface area contributed by atoms with Gasteiger partial charge in [0.25, 0.3) is 0 Å². The first-order chi connectivity index (χ1) is 13.7. The summed E-state index contributed by atoms with van der Waals surface area (Å²) < 4.78 is 23.2. The highest BCUT2D eigenvalue weighted by Gasteiger charge is 2.20. The standard InChI is InChI=1S/C23H33N3O2S/c1-6-18-8-12-20(13-9-18)23(3,4)17-26-22(24-7-2)25-16-19-10-14-21(15-11-19)29(5,27)28/h8-15H,6-7,16-17H2,1-5H3,(H2,24,25,26). The normalized spacial score (nSPS) is 12.7. The summed E-state index contributed by atoms with van der Waals surface area (Å²) in [5, 5.41) is 6.71. The molecule has 0 aliphatic carbocycles. The first-order valence-corrected chi connectivity index (χ1v) is 12.0. The zero-order valence-electron chi connectivity index (χ0n) is 18.1. The van der Waals surface area contributed by atoms with Gasteiger partial charge in [0.1, 0.15) is 0 Å². The minimum absolute atomic E-state index is 0.0421. The molecule has 5 nitrogen and oxygen atoms in total. The van der Waals surface area contributed by atoms with Gasteiger partial charge >= 0.3 is 0 Å². The van der Waals surface area contributed by atoms with Crippen LogP contribution in [0, 0.1) is 0 Å². The molecule has 0 atom stereocenters. The van der Waals surface area contributed by atoms with Crippen molar-refractivity contribution in [3.8, 4) is 0 Å². The Bertz CT molecular complexity index is 916. The van der Waals surface area contributed by atoms with E-state index in [1.807, 2.05) is 19.1 Å². The first kappa shape index (κ1) is 22.9. The van der Waals surface area contributed by atoms with Gasteiger partial charge in [0.2, 0.25) is 0 Å².